The Morgan fingerprint density at radius 2 is 2.04 bits per heavy atom. The molecule has 0 aliphatic carbocycles. The summed E-state index contributed by atoms with van der Waals surface area (Å²) >= 11 is 6.08. The summed E-state index contributed by atoms with van der Waals surface area (Å²) in [4.78, 5) is 33.8. The molecule has 0 aliphatic rings. The first-order valence-corrected chi connectivity index (χ1v) is 9.20. The van der Waals surface area contributed by atoms with Crippen LogP contribution in [0.4, 0.5) is 0 Å². The minimum atomic E-state index is -0.436. The molecule has 0 fully saturated rings. The van der Waals surface area contributed by atoms with Gasteiger partial charge in [-0.25, -0.2) is 4.98 Å². The summed E-state index contributed by atoms with van der Waals surface area (Å²) in [7, 11) is 3.88. The van der Waals surface area contributed by atoms with Crippen molar-refractivity contribution in [3.8, 4) is 0 Å². The van der Waals surface area contributed by atoms with E-state index in [0.29, 0.717) is 18.1 Å². The average Bonchev–Trinajstić information content (AvgIpc) is 3.05. The lowest BCUT2D eigenvalue weighted by Gasteiger charge is -2.16. The maximum atomic E-state index is 12.3. The van der Waals surface area contributed by atoms with Crippen molar-refractivity contribution in [1.82, 2.24) is 24.8 Å². The van der Waals surface area contributed by atoms with Crippen molar-refractivity contribution in [2.45, 2.75) is 19.6 Å². The van der Waals surface area contributed by atoms with Crippen LogP contribution in [-0.2, 0) is 26.7 Å². The molecule has 1 amide bonds. The highest BCUT2D eigenvalue weighted by Crippen LogP contribution is 2.14. The molecule has 0 saturated carbocycles. The number of pyridine rings is 1. The number of aromatic amines is 1. The Labute approximate surface area is 168 Å². The van der Waals surface area contributed by atoms with E-state index in [2.05, 4.69) is 15.3 Å². The summed E-state index contributed by atoms with van der Waals surface area (Å²) in [6.07, 6.45) is 3.64. The van der Waals surface area contributed by atoms with E-state index >= 15 is 0 Å². The largest absolute Gasteiger partial charge is 0.348 e. The van der Waals surface area contributed by atoms with Gasteiger partial charge in [-0.15, -0.1) is 0 Å². The van der Waals surface area contributed by atoms with Gasteiger partial charge in [0, 0.05) is 43.2 Å². The molecule has 0 bridgehead atoms. The van der Waals surface area contributed by atoms with Crippen molar-refractivity contribution in [2.24, 2.45) is 7.05 Å². The van der Waals surface area contributed by atoms with Crippen LogP contribution in [0.3, 0.4) is 0 Å². The van der Waals surface area contributed by atoms with Gasteiger partial charge in [0.2, 0.25) is 0 Å². The van der Waals surface area contributed by atoms with Crippen molar-refractivity contribution >= 4 is 17.5 Å². The van der Waals surface area contributed by atoms with E-state index < -0.39 is 11.5 Å². The Balaban J connectivity index is 1.61. The van der Waals surface area contributed by atoms with Gasteiger partial charge in [-0.3, -0.25) is 14.5 Å². The van der Waals surface area contributed by atoms with E-state index in [-0.39, 0.29) is 12.1 Å². The molecule has 0 aliphatic heterocycles. The zero-order valence-corrected chi connectivity index (χ0v) is 16.5. The third kappa shape index (κ3) is 4.88. The predicted octanol–water partition coefficient (Wildman–Crippen LogP) is 2.32. The van der Waals surface area contributed by atoms with E-state index in [1.54, 1.807) is 24.4 Å². The molecule has 0 unspecified atom stereocenters. The Bertz CT molecular complexity index is 1030. The maximum Gasteiger partial charge on any atom is 0.261 e. The smallest absolute Gasteiger partial charge is 0.261 e. The number of benzene rings is 1. The summed E-state index contributed by atoms with van der Waals surface area (Å²) in [5.41, 5.74) is 1.17. The molecule has 8 heteroatoms. The van der Waals surface area contributed by atoms with E-state index in [9.17, 15) is 9.59 Å². The van der Waals surface area contributed by atoms with Crippen LogP contribution in [0, 0.1) is 0 Å². The second kappa shape index (κ2) is 8.86. The summed E-state index contributed by atoms with van der Waals surface area (Å²) < 4.78 is 1.95. The Morgan fingerprint density at radius 3 is 2.71 bits per heavy atom. The average molecular weight is 400 g/mol. The standard InChI is InChI=1S/C20H22ClN5O2/c1-25(13-18-22-9-10-26(18)2)12-15-7-8-16(20(28)24-15)19(27)23-11-14-5-3-4-6-17(14)21/h3-10H,11-13H2,1-2H3,(H,23,27)(H,24,28). The lowest BCUT2D eigenvalue weighted by atomic mass is 10.2. The first-order valence-electron chi connectivity index (χ1n) is 8.82. The summed E-state index contributed by atoms with van der Waals surface area (Å²) in [5, 5.41) is 3.30. The second-order valence-electron chi connectivity index (χ2n) is 6.63. The normalized spacial score (nSPS) is 11.0. The van der Waals surface area contributed by atoms with E-state index in [4.69, 9.17) is 11.6 Å². The number of imidazole rings is 1. The SMILES string of the molecule is CN(Cc1ccc(C(=O)NCc2ccccc2Cl)c(=O)[nH]1)Cc1nccn1C. The highest BCUT2D eigenvalue weighted by Gasteiger charge is 2.12. The molecular weight excluding hydrogens is 378 g/mol. The van der Waals surface area contributed by atoms with Crippen molar-refractivity contribution < 1.29 is 4.79 Å². The monoisotopic (exact) mass is 399 g/mol. The molecule has 1 aromatic carbocycles. The van der Waals surface area contributed by atoms with Gasteiger partial charge in [0.05, 0.1) is 6.54 Å². The van der Waals surface area contributed by atoms with Crippen molar-refractivity contribution in [3.63, 3.8) is 0 Å². The van der Waals surface area contributed by atoms with Gasteiger partial charge in [0.15, 0.2) is 0 Å². The third-order valence-electron chi connectivity index (χ3n) is 4.38. The van der Waals surface area contributed by atoms with Gasteiger partial charge in [0.25, 0.3) is 11.5 Å². The minimum Gasteiger partial charge on any atom is -0.348 e. The fraction of sp³-hybridized carbons (Fsp3) is 0.250. The maximum absolute atomic E-state index is 12.3. The van der Waals surface area contributed by atoms with Crippen molar-refractivity contribution in [3.05, 3.63) is 86.8 Å². The van der Waals surface area contributed by atoms with Crippen LogP contribution in [0.1, 0.15) is 27.4 Å². The predicted molar refractivity (Wildman–Crippen MR) is 108 cm³/mol. The summed E-state index contributed by atoms with van der Waals surface area (Å²) in [6.45, 7) is 1.43. The number of carbonyl (C=O) groups is 1. The summed E-state index contributed by atoms with van der Waals surface area (Å²) in [6, 6.07) is 10.5. The number of H-pyrrole nitrogens is 1. The molecule has 0 radical (unpaired) electrons. The number of nitrogens with one attached hydrogen (secondary N) is 2. The Morgan fingerprint density at radius 1 is 1.25 bits per heavy atom. The van der Waals surface area contributed by atoms with Crippen LogP contribution in [0.25, 0.3) is 0 Å². The number of aryl methyl sites for hydroxylation is 1. The molecule has 7 nitrogen and oxygen atoms in total. The quantitative estimate of drug-likeness (QED) is 0.638. The molecule has 0 spiro atoms. The van der Waals surface area contributed by atoms with Gasteiger partial charge < -0.3 is 14.9 Å². The fourth-order valence-corrected chi connectivity index (χ4v) is 3.04. The highest BCUT2D eigenvalue weighted by molar-refractivity contribution is 6.31. The van der Waals surface area contributed by atoms with Crippen LogP contribution >= 0.6 is 11.6 Å². The number of halogens is 1. The molecule has 0 saturated heterocycles. The van der Waals surface area contributed by atoms with Gasteiger partial charge in [-0.1, -0.05) is 29.8 Å². The number of nitrogens with zero attached hydrogens (tertiary/aromatic N) is 3. The third-order valence-corrected chi connectivity index (χ3v) is 4.75. The molecule has 3 aromatic rings. The second-order valence-corrected chi connectivity index (χ2v) is 7.03. The topological polar surface area (TPSA) is 83.0 Å². The number of hydrogen-bond acceptors (Lipinski definition) is 4. The molecule has 2 N–H and O–H groups in total. The molecular formula is C20H22ClN5O2. The van der Waals surface area contributed by atoms with Crippen LogP contribution in [0.2, 0.25) is 5.02 Å². The minimum absolute atomic E-state index is 0.0718. The fourth-order valence-electron chi connectivity index (χ4n) is 2.83. The zero-order valence-electron chi connectivity index (χ0n) is 15.8. The van der Waals surface area contributed by atoms with E-state index in [1.165, 1.54) is 0 Å². The van der Waals surface area contributed by atoms with Crippen LogP contribution < -0.4 is 10.9 Å². The molecule has 2 heterocycles. The van der Waals surface area contributed by atoms with E-state index in [0.717, 1.165) is 17.1 Å². The number of rotatable bonds is 7. The number of amides is 1. The molecule has 0 atom stereocenters. The Kier molecular flexibility index (Phi) is 6.28. The first kappa shape index (κ1) is 19.9. The Hall–Kier alpha value is -2.90. The molecule has 146 valence electrons. The molecule has 2 aromatic heterocycles. The van der Waals surface area contributed by atoms with Crippen molar-refractivity contribution in [2.75, 3.05) is 7.05 Å². The van der Waals surface area contributed by atoms with Crippen LogP contribution in [-0.4, -0.2) is 32.4 Å². The highest BCUT2D eigenvalue weighted by atomic mass is 35.5. The zero-order chi connectivity index (χ0) is 20.1. The van der Waals surface area contributed by atoms with Gasteiger partial charge in [-0.2, -0.15) is 0 Å². The van der Waals surface area contributed by atoms with Crippen molar-refractivity contribution in [1.29, 1.82) is 0 Å². The molecule has 3 rings (SSSR count). The van der Waals surface area contributed by atoms with Crippen LogP contribution in [0.5, 0.6) is 0 Å². The number of carbonyl (C=O) groups excluding carboxylic acids is 1. The lowest BCUT2D eigenvalue weighted by Crippen LogP contribution is -2.30. The van der Waals surface area contributed by atoms with Crippen LogP contribution in [0.15, 0.2) is 53.6 Å². The van der Waals surface area contributed by atoms with Gasteiger partial charge >= 0.3 is 0 Å². The first-order chi connectivity index (χ1) is 13.4. The lowest BCUT2D eigenvalue weighted by molar-refractivity contribution is 0.0949. The van der Waals surface area contributed by atoms with Gasteiger partial charge in [0.1, 0.15) is 11.4 Å². The van der Waals surface area contributed by atoms with Gasteiger partial charge in [-0.05, 0) is 30.8 Å². The van der Waals surface area contributed by atoms with E-state index in [1.807, 2.05) is 48.0 Å². The number of hydrogen-bond donors (Lipinski definition) is 2. The summed E-state index contributed by atoms with van der Waals surface area (Å²) in [5.74, 6) is 0.495. The number of aromatic nitrogens is 3. The molecule has 28 heavy (non-hydrogen) atoms.